The zero-order chi connectivity index (χ0) is 13.8. The smallest absolute Gasteiger partial charge is 0.146 e. The molecule has 1 aromatic rings. The van der Waals surface area contributed by atoms with Crippen molar-refractivity contribution in [1.29, 1.82) is 0 Å². The van der Waals surface area contributed by atoms with Crippen molar-refractivity contribution in [3.05, 3.63) is 12.2 Å². The molecule has 1 fully saturated rings. The molecular formula is C12H23N5S2. The van der Waals surface area contributed by atoms with Crippen molar-refractivity contribution in [2.75, 3.05) is 11.5 Å². The fourth-order valence-corrected chi connectivity index (χ4v) is 5.64. The van der Waals surface area contributed by atoms with Gasteiger partial charge < -0.3 is 0 Å². The number of thioether (sulfide) groups is 2. The van der Waals surface area contributed by atoms with Gasteiger partial charge in [-0.05, 0) is 20.3 Å². The molecular weight excluding hydrogens is 278 g/mol. The van der Waals surface area contributed by atoms with Gasteiger partial charge in [0.2, 0.25) is 0 Å². The van der Waals surface area contributed by atoms with E-state index >= 15 is 0 Å². The average molecular weight is 301 g/mol. The van der Waals surface area contributed by atoms with Crippen molar-refractivity contribution in [1.82, 2.24) is 20.2 Å². The van der Waals surface area contributed by atoms with E-state index in [-0.39, 0.29) is 6.04 Å². The van der Waals surface area contributed by atoms with Crippen LogP contribution in [0.2, 0.25) is 0 Å². The standard InChI is InChI=1S/C12H23N5S2/c1-4-9-11(19-6-5-18-9)10(16-13)12-14-7-15-17(12)8(2)3/h7-11,16H,4-6,13H2,1-3H3. The first-order valence-corrected chi connectivity index (χ1v) is 8.87. The SMILES string of the molecule is CCC1SCCSC1C(NN)c1ncnn1C(C)C. The van der Waals surface area contributed by atoms with Gasteiger partial charge in [0, 0.05) is 28.0 Å². The summed E-state index contributed by atoms with van der Waals surface area (Å²) in [5.74, 6) is 9.19. The van der Waals surface area contributed by atoms with Crippen LogP contribution in [0.3, 0.4) is 0 Å². The fraction of sp³-hybridized carbons (Fsp3) is 0.833. The normalized spacial score (nSPS) is 25.7. The molecule has 0 radical (unpaired) electrons. The summed E-state index contributed by atoms with van der Waals surface area (Å²) >= 11 is 4.06. The zero-order valence-electron chi connectivity index (χ0n) is 11.7. The van der Waals surface area contributed by atoms with Crippen LogP contribution < -0.4 is 11.3 Å². The molecule has 0 aliphatic carbocycles. The minimum atomic E-state index is 0.0626. The molecule has 3 atom stereocenters. The van der Waals surface area contributed by atoms with Crippen LogP contribution in [0.15, 0.2) is 6.33 Å². The molecule has 7 heteroatoms. The predicted octanol–water partition coefficient (Wildman–Crippen LogP) is 1.99. The quantitative estimate of drug-likeness (QED) is 0.640. The number of rotatable bonds is 5. The highest BCUT2D eigenvalue weighted by atomic mass is 32.2. The second kappa shape index (κ2) is 6.97. The van der Waals surface area contributed by atoms with Crippen LogP contribution in [0.4, 0.5) is 0 Å². The average Bonchev–Trinajstić information content (AvgIpc) is 2.89. The maximum absolute atomic E-state index is 5.83. The van der Waals surface area contributed by atoms with E-state index in [1.165, 1.54) is 11.5 Å². The van der Waals surface area contributed by atoms with Crippen LogP contribution >= 0.6 is 23.5 Å². The molecule has 0 spiro atoms. The summed E-state index contributed by atoms with van der Waals surface area (Å²) < 4.78 is 1.97. The molecule has 1 saturated heterocycles. The molecule has 19 heavy (non-hydrogen) atoms. The van der Waals surface area contributed by atoms with Gasteiger partial charge in [-0.3, -0.25) is 5.84 Å². The van der Waals surface area contributed by atoms with E-state index in [0.29, 0.717) is 16.5 Å². The lowest BCUT2D eigenvalue weighted by molar-refractivity contribution is 0.426. The van der Waals surface area contributed by atoms with E-state index in [2.05, 4.69) is 48.0 Å². The van der Waals surface area contributed by atoms with E-state index in [4.69, 9.17) is 5.84 Å². The summed E-state index contributed by atoms with van der Waals surface area (Å²) in [7, 11) is 0. The van der Waals surface area contributed by atoms with Gasteiger partial charge in [-0.25, -0.2) is 15.1 Å². The Labute approximate surface area is 123 Å². The first-order valence-electron chi connectivity index (χ1n) is 6.77. The number of nitrogens with zero attached hydrogens (tertiary/aromatic N) is 3. The van der Waals surface area contributed by atoms with Crippen molar-refractivity contribution in [2.24, 2.45) is 5.84 Å². The Balaban J connectivity index is 2.25. The van der Waals surface area contributed by atoms with Crippen LogP contribution in [-0.4, -0.2) is 36.8 Å². The first kappa shape index (κ1) is 15.2. The third kappa shape index (κ3) is 3.26. The lowest BCUT2D eigenvalue weighted by atomic mass is 10.1. The summed E-state index contributed by atoms with van der Waals surface area (Å²) in [4.78, 5) is 4.44. The monoisotopic (exact) mass is 301 g/mol. The Hall–Kier alpha value is -0.240. The number of aromatic nitrogens is 3. The van der Waals surface area contributed by atoms with Crippen LogP contribution in [-0.2, 0) is 0 Å². The first-order chi connectivity index (χ1) is 9.19. The number of hydrazine groups is 1. The summed E-state index contributed by atoms with van der Waals surface area (Å²) in [6, 6.07) is 0.363. The van der Waals surface area contributed by atoms with E-state index in [9.17, 15) is 0 Å². The second-order valence-corrected chi connectivity index (χ2v) is 7.59. The second-order valence-electron chi connectivity index (χ2n) is 4.95. The Morgan fingerprint density at radius 3 is 2.84 bits per heavy atom. The minimum Gasteiger partial charge on any atom is -0.271 e. The van der Waals surface area contributed by atoms with Gasteiger partial charge in [0.15, 0.2) is 0 Å². The van der Waals surface area contributed by atoms with E-state index < -0.39 is 0 Å². The molecule has 5 nitrogen and oxygen atoms in total. The molecule has 0 aromatic carbocycles. The number of hydrogen-bond acceptors (Lipinski definition) is 6. The molecule has 3 N–H and O–H groups in total. The summed E-state index contributed by atoms with van der Waals surface area (Å²) in [5, 5.41) is 5.40. The van der Waals surface area contributed by atoms with E-state index in [0.717, 1.165) is 12.2 Å². The molecule has 0 saturated carbocycles. The molecule has 1 aromatic heterocycles. The van der Waals surface area contributed by atoms with Gasteiger partial charge in [-0.1, -0.05) is 6.92 Å². The summed E-state index contributed by atoms with van der Waals surface area (Å²) in [6.45, 7) is 6.48. The largest absolute Gasteiger partial charge is 0.271 e. The fourth-order valence-electron chi connectivity index (χ4n) is 2.44. The topological polar surface area (TPSA) is 68.8 Å². The molecule has 0 bridgehead atoms. The van der Waals surface area contributed by atoms with Gasteiger partial charge >= 0.3 is 0 Å². The van der Waals surface area contributed by atoms with Gasteiger partial charge in [-0.15, -0.1) is 0 Å². The van der Waals surface area contributed by atoms with Crippen LogP contribution in [0, 0.1) is 0 Å². The highest BCUT2D eigenvalue weighted by Crippen LogP contribution is 2.39. The Morgan fingerprint density at radius 1 is 1.47 bits per heavy atom. The molecule has 108 valence electrons. The van der Waals surface area contributed by atoms with Crippen LogP contribution in [0.5, 0.6) is 0 Å². The van der Waals surface area contributed by atoms with Crippen molar-refractivity contribution >= 4 is 23.5 Å². The van der Waals surface area contributed by atoms with E-state index in [1.807, 2.05) is 16.4 Å². The molecule has 1 aliphatic rings. The third-order valence-corrected chi connectivity index (χ3v) is 6.72. The van der Waals surface area contributed by atoms with Gasteiger partial charge in [0.25, 0.3) is 0 Å². The minimum absolute atomic E-state index is 0.0626. The third-order valence-electron chi connectivity index (χ3n) is 3.37. The molecule has 2 rings (SSSR count). The van der Waals surface area contributed by atoms with Crippen molar-refractivity contribution < 1.29 is 0 Å². The highest BCUT2D eigenvalue weighted by molar-refractivity contribution is 8.07. The van der Waals surface area contributed by atoms with Crippen LogP contribution in [0.1, 0.15) is 45.1 Å². The lowest BCUT2D eigenvalue weighted by Gasteiger charge is -2.35. The van der Waals surface area contributed by atoms with E-state index in [1.54, 1.807) is 6.33 Å². The zero-order valence-corrected chi connectivity index (χ0v) is 13.4. The van der Waals surface area contributed by atoms with Gasteiger partial charge in [0.1, 0.15) is 12.2 Å². The van der Waals surface area contributed by atoms with Crippen molar-refractivity contribution in [3.63, 3.8) is 0 Å². The summed E-state index contributed by atoms with van der Waals surface area (Å²) in [5.41, 5.74) is 2.98. The van der Waals surface area contributed by atoms with Crippen molar-refractivity contribution in [3.8, 4) is 0 Å². The molecule has 0 amide bonds. The number of hydrogen-bond donors (Lipinski definition) is 2. The maximum Gasteiger partial charge on any atom is 0.146 e. The predicted molar refractivity (Wildman–Crippen MR) is 83.3 cm³/mol. The Morgan fingerprint density at radius 2 is 2.21 bits per heavy atom. The van der Waals surface area contributed by atoms with Gasteiger partial charge in [-0.2, -0.15) is 28.6 Å². The lowest BCUT2D eigenvalue weighted by Crippen LogP contribution is -2.43. The molecule has 3 unspecified atom stereocenters. The molecule has 1 aliphatic heterocycles. The van der Waals surface area contributed by atoms with Crippen LogP contribution in [0.25, 0.3) is 0 Å². The van der Waals surface area contributed by atoms with Gasteiger partial charge in [0.05, 0.1) is 6.04 Å². The Kier molecular flexibility index (Phi) is 5.56. The molecule has 2 heterocycles. The highest BCUT2D eigenvalue weighted by Gasteiger charge is 2.35. The Bertz CT molecular complexity index is 395. The number of nitrogens with one attached hydrogen (secondary N) is 1. The van der Waals surface area contributed by atoms with Crippen molar-refractivity contribution in [2.45, 2.75) is 49.8 Å². The maximum atomic E-state index is 5.83. The number of nitrogens with two attached hydrogens (primary N) is 1. The summed E-state index contributed by atoms with van der Waals surface area (Å²) in [6.07, 6.45) is 2.79.